The van der Waals surface area contributed by atoms with Crippen LogP contribution >= 0.6 is 0 Å². The molecule has 0 spiro atoms. The summed E-state index contributed by atoms with van der Waals surface area (Å²) in [7, 11) is -1.01. The lowest BCUT2D eigenvalue weighted by atomic mass is 10.0. The van der Waals surface area contributed by atoms with Gasteiger partial charge in [0.05, 0.1) is 10.8 Å². The zero-order valence-corrected chi connectivity index (χ0v) is 13.9. The Balaban J connectivity index is 2.38. The van der Waals surface area contributed by atoms with Crippen molar-refractivity contribution in [2.24, 2.45) is 5.92 Å². The molecular formula is C18H26OS. The van der Waals surface area contributed by atoms with Gasteiger partial charge in [-0.05, 0) is 58.1 Å². The number of hydrogen-bond donors (Lipinski definition) is 0. The molecule has 0 aliphatic rings. The largest absolute Gasteiger partial charge is 0.250 e. The first kappa shape index (κ1) is 16.9. The second-order valence-electron chi connectivity index (χ2n) is 5.68. The molecule has 110 valence electrons. The molecule has 0 aromatic heterocycles. The summed E-state index contributed by atoms with van der Waals surface area (Å²) in [5.41, 5.74) is 2.58. The summed E-state index contributed by atoms with van der Waals surface area (Å²) >= 11 is 0. The molecule has 1 nitrogen and oxygen atoms in total. The van der Waals surface area contributed by atoms with E-state index in [1.807, 2.05) is 36.6 Å². The average molecular weight is 290 g/mol. The standard InChI is InChI=1S/C18H26OS/c1-15(2)7-5-8-16(3)9-6-14-20(19)18-12-10-17(4)11-13-18/h6-7,10-14,16H,5,8-9H2,1-4H3/b14-6+. The van der Waals surface area contributed by atoms with E-state index in [0.717, 1.165) is 17.7 Å². The molecule has 0 heterocycles. The van der Waals surface area contributed by atoms with Crippen molar-refractivity contribution < 1.29 is 4.21 Å². The molecule has 1 rings (SSSR count). The summed E-state index contributed by atoms with van der Waals surface area (Å²) in [6.07, 6.45) is 7.66. The van der Waals surface area contributed by atoms with Gasteiger partial charge in [-0.1, -0.05) is 42.3 Å². The summed E-state index contributed by atoms with van der Waals surface area (Å²) in [6, 6.07) is 7.88. The molecule has 2 atom stereocenters. The fraction of sp³-hybridized carbons (Fsp3) is 0.444. The van der Waals surface area contributed by atoms with Gasteiger partial charge < -0.3 is 0 Å². The van der Waals surface area contributed by atoms with Gasteiger partial charge in [-0.25, -0.2) is 4.21 Å². The zero-order chi connectivity index (χ0) is 15.0. The maximum Gasteiger partial charge on any atom is 0.0772 e. The van der Waals surface area contributed by atoms with Gasteiger partial charge in [-0.3, -0.25) is 0 Å². The van der Waals surface area contributed by atoms with Crippen molar-refractivity contribution in [3.05, 3.63) is 53.0 Å². The van der Waals surface area contributed by atoms with Crippen LogP contribution in [0.3, 0.4) is 0 Å². The molecule has 0 amide bonds. The predicted molar refractivity (Wildman–Crippen MR) is 89.2 cm³/mol. The fourth-order valence-electron chi connectivity index (χ4n) is 1.90. The molecule has 0 radical (unpaired) electrons. The van der Waals surface area contributed by atoms with E-state index in [9.17, 15) is 4.21 Å². The van der Waals surface area contributed by atoms with E-state index in [1.54, 1.807) is 0 Å². The summed E-state index contributed by atoms with van der Waals surface area (Å²) < 4.78 is 12.1. The number of allylic oxidation sites excluding steroid dienone is 3. The molecule has 0 aliphatic carbocycles. The minimum absolute atomic E-state index is 0.636. The number of benzene rings is 1. The highest BCUT2D eigenvalue weighted by Gasteiger charge is 2.01. The van der Waals surface area contributed by atoms with Gasteiger partial charge in [0, 0.05) is 10.3 Å². The molecule has 2 unspecified atom stereocenters. The Kier molecular flexibility index (Phi) is 7.53. The van der Waals surface area contributed by atoms with Crippen molar-refractivity contribution in [2.75, 3.05) is 0 Å². The first-order chi connectivity index (χ1) is 9.49. The van der Waals surface area contributed by atoms with Crippen molar-refractivity contribution in [3.63, 3.8) is 0 Å². The van der Waals surface area contributed by atoms with Crippen LogP contribution in [0.2, 0.25) is 0 Å². The normalized spacial score (nSPS) is 14.2. The molecule has 1 aromatic carbocycles. The SMILES string of the molecule is CC(C)=CCCC(C)C/C=C/S(=O)c1ccc(C)cc1. The quantitative estimate of drug-likeness (QED) is 0.615. The lowest BCUT2D eigenvalue weighted by Gasteiger charge is -2.06. The van der Waals surface area contributed by atoms with Crippen LogP contribution in [0.1, 0.15) is 45.6 Å². The summed E-state index contributed by atoms with van der Waals surface area (Å²) in [4.78, 5) is 0.879. The summed E-state index contributed by atoms with van der Waals surface area (Å²) in [5, 5.41) is 1.82. The van der Waals surface area contributed by atoms with E-state index in [-0.39, 0.29) is 0 Å². The van der Waals surface area contributed by atoms with E-state index in [2.05, 4.69) is 32.9 Å². The molecule has 20 heavy (non-hydrogen) atoms. The van der Waals surface area contributed by atoms with Gasteiger partial charge in [-0.2, -0.15) is 0 Å². The molecule has 0 saturated heterocycles. The third-order valence-electron chi connectivity index (χ3n) is 3.22. The topological polar surface area (TPSA) is 17.1 Å². The highest BCUT2D eigenvalue weighted by atomic mass is 32.2. The number of hydrogen-bond acceptors (Lipinski definition) is 1. The minimum atomic E-state index is -1.01. The van der Waals surface area contributed by atoms with Gasteiger partial charge in [0.2, 0.25) is 0 Å². The van der Waals surface area contributed by atoms with Crippen LogP contribution in [0.5, 0.6) is 0 Å². The molecule has 0 N–H and O–H groups in total. The van der Waals surface area contributed by atoms with Crippen molar-refractivity contribution in [1.29, 1.82) is 0 Å². The Labute approximate surface area is 126 Å². The molecular weight excluding hydrogens is 264 g/mol. The minimum Gasteiger partial charge on any atom is -0.250 e. The molecule has 2 heteroatoms. The van der Waals surface area contributed by atoms with Gasteiger partial charge in [0.15, 0.2) is 0 Å². The van der Waals surface area contributed by atoms with Crippen LogP contribution in [-0.4, -0.2) is 4.21 Å². The van der Waals surface area contributed by atoms with E-state index in [1.165, 1.54) is 17.6 Å². The fourth-order valence-corrected chi connectivity index (χ4v) is 2.75. The third-order valence-corrected chi connectivity index (χ3v) is 4.40. The van der Waals surface area contributed by atoms with Crippen molar-refractivity contribution in [3.8, 4) is 0 Å². The first-order valence-corrected chi connectivity index (χ1v) is 8.47. The maximum atomic E-state index is 12.1. The molecule has 0 saturated carbocycles. The highest BCUT2D eigenvalue weighted by Crippen LogP contribution is 2.14. The Bertz CT molecular complexity index is 479. The van der Waals surface area contributed by atoms with Crippen LogP contribution < -0.4 is 0 Å². The second-order valence-corrected chi connectivity index (χ2v) is 7.02. The van der Waals surface area contributed by atoms with Crippen LogP contribution in [0.15, 0.2) is 52.3 Å². The Hall–Kier alpha value is -1.15. The monoisotopic (exact) mass is 290 g/mol. The van der Waals surface area contributed by atoms with E-state index >= 15 is 0 Å². The van der Waals surface area contributed by atoms with Crippen LogP contribution in [0, 0.1) is 12.8 Å². The van der Waals surface area contributed by atoms with Crippen LogP contribution in [-0.2, 0) is 10.8 Å². The Morgan fingerprint density at radius 2 is 1.90 bits per heavy atom. The Morgan fingerprint density at radius 1 is 1.25 bits per heavy atom. The van der Waals surface area contributed by atoms with Crippen LogP contribution in [0.25, 0.3) is 0 Å². The smallest absolute Gasteiger partial charge is 0.0772 e. The Morgan fingerprint density at radius 3 is 2.50 bits per heavy atom. The number of aryl methyl sites for hydroxylation is 1. The molecule has 1 aromatic rings. The van der Waals surface area contributed by atoms with Gasteiger partial charge in [0.1, 0.15) is 0 Å². The lowest BCUT2D eigenvalue weighted by Crippen LogP contribution is -1.92. The highest BCUT2D eigenvalue weighted by molar-refractivity contribution is 7.88. The summed E-state index contributed by atoms with van der Waals surface area (Å²) in [5.74, 6) is 0.636. The van der Waals surface area contributed by atoms with Gasteiger partial charge in [0.25, 0.3) is 0 Å². The van der Waals surface area contributed by atoms with Crippen molar-refractivity contribution >= 4 is 10.8 Å². The zero-order valence-electron chi connectivity index (χ0n) is 13.1. The lowest BCUT2D eigenvalue weighted by molar-refractivity contribution is 0.546. The van der Waals surface area contributed by atoms with E-state index < -0.39 is 10.8 Å². The van der Waals surface area contributed by atoms with Crippen molar-refractivity contribution in [1.82, 2.24) is 0 Å². The molecule has 0 aliphatic heterocycles. The van der Waals surface area contributed by atoms with Gasteiger partial charge in [-0.15, -0.1) is 0 Å². The van der Waals surface area contributed by atoms with Crippen molar-refractivity contribution in [2.45, 2.75) is 51.9 Å². The molecule has 0 fully saturated rings. The predicted octanol–water partition coefficient (Wildman–Crippen LogP) is 5.39. The van der Waals surface area contributed by atoms with Crippen LogP contribution in [0.4, 0.5) is 0 Å². The molecule has 0 bridgehead atoms. The maximum absolute atomic E-state index is 12.1. The third kappa shape index (κ3) is 6.85. The van der Waals surface area contributed by atoms with E-state index in [0.29, 0.717) is 5.92 Å². The number of rotatable bonds is 7. The second kappa shape index (κ2) is 8.91. The average Bonchev–Trinajstić information content (AvgIpc) is 2.39. The van der Waals surface area contributed by atoms with Gasteiger partial charge >= 0.3 is 0 Å². The summed E-state index contributed by atoms with van der Waals surface area (Å²) in [6.45, 7) is 8.55. The van der Waals surface area contributed by atoms with E-state index in [4.69, 9.17) is 0 Å². The first-order valence-electron chi connectivity index (χ1n) is 7.26.